The minimum Gasteiger partial charge on any atom is -0.342 e. The van der Waals surface area contributed by atoms with Gasteiger partial charge in [-0.15, -0.1) is 0 Å². The molecule has 1 saturated heterocycles. The van der Waals surface area contributed by atoms with Gasteiger partial charge in [-0.2, -0.15) is 4.31 Å². The summed E-state index contributed by atoms with van der Waals surface area (Å²) >= 11 is 0. The topological polar surface area (TPSA) is 86.8 Å². The average Bonchev–Trinajstić information content (AvgIpc) is 3.17. The van der Waals surface area contributed by atoms with Crippen molar-refractivity contribution in [2.45, 2.75) is 45.4 Å². The summed E-state index contributed by atoms with van der Waals surface area (Å²) in [6.45, 7) is 8.96. The number of likely N-dealkylation sites (tertiary alicyclic amines) is 1. The summed E-state index contributed by atoms with van der Waals surface area (Å²) in [4.78, 5) is 27.4. The SMILES string of the molecule is CCN(CC)S(=O)(=O)c1cc(C)c(C)c(NC(=O)C2CC(=O)N(CCc3ccccc3)C2)c1. The second-order valence-electron chi connectivity index (χ2n) is 8.47. The molecule has 0 spiro atoms. The lowest BCUT2D eigenvalue weighted by atomic mass is 10.1. The van der Waals surface area contributed by atoms with Crippen molar-refractivity contribution < 1.29 is 18.0 Å². The van der Waals surface area contributed by atoms with Crippen LogP contribution in [0.25, 0.3) is 0 Å². The minimum absolute atomic E-state index is 0.0307. The number of hydrogen-bond acceptors (Lipinski definition) is 4. The second-order valence-corrected chi connectivity index (χ2v) is 10.4. The first-order chi connectivity index (χ1) is 15.7. The van der Waals surface area contributed by atoms with E-state index < -0.39 is 15.9 Å². The Morgan fingerprint density at radius 3 is 2.42 bits per heavy atom. The van der Waals surface area contributed by atoms with Crippen molar-refractivity contribution in [2.24, 2.45) is 5.92 Å². The summed E-state index contributed by atoms with van der Waals surface area (Å²) in [6, 6.07) is 13.1. The lowest BCUT2D eigenvalue weighted by Gasteiger charge is -2.21. The average molecular weight is 472 g/mol. The smallest absolute Gasteiger partial charge is 0.243 e. The van der Waals surface area contributed by atoms with Crippen LogP contribution in [0.4, 0.5) is 5.69 Å². The molecule has 1 heterocycles. The number of carbonyl (C=O) groups is 2. The third-order valence-corrected chi connectivity index (χ3v) is 8.37. The third kappa shape index (κ3) is 5.62. The van der Waals surface area contributed by atoms with Crippen LogP contribution in [0.3, 0.4) is 0 Å². The predicted molar refractivity (Wildman–Crippen MR) is 129 cm³/mol. The molecule has 0 aromatic heterocycles. The van der Waals surface area contributed by atoms with E-state index in [1.807, 2.05) is 44.2 Å². The zero-order valence-corrected chi connectivity index (χ0v) is 20.6. The molecule has 8 heteroatoms. The fourth-order valence-corrected chi connectivity index (χ4v) is 5.70. The first kappa shape index (κ1) is 24.9. The number of hydrogen-bond donors (Lipinski definition) is 1. The zero-order valence-electron chi connectivity index (χ0n) is 19.8. The van der Waals surface area contributed by atoms with Crippen molar-refractivity contribution in [1.29, 1.82) is 0 Å². The van der Waals surface area contributed by atoms with E-state index in [1.165, 1.54) is 10.4 Å². The normalized spacial score (nSPS) is 16.5. The van der Waals surface area contributed by atoms with Gasteiger partial charge in [-0.05, 0) is 49.1 Å². The summed E-state index contributed by atoms with van der Waals surface area (Å²) in [5, 5.41) is 2.89. The Bertz CT molecular complexity index is 1110. The summed E-state index contributed by atoms with van der Waals surface area (Å²) < 4.78 is 27.4. The lowest BCUT2D eigenvalue weighted by Crippen LogP contribution is -2.31. The number of carbonyl (C=O) groups excluding carboxylic acids is 2. The summed E-state index contributed by atoms with van der Waals surface area (Å²) in [6.07, 6.45) is 0.903. The first-order valence-electron chi connectivity index (χ1n) is 11.4. The first-order valence-corrected chi connectivity index (χ1v) is 12.8. The van der Waals surface area contributed by atoms with Crippen LogP contribution in [0.15, 0.2) is 47.4 Å². The molecule has 3 rings (SSSR count). The highest BCUT2D eigenvalue weighted by molar-refractivity contribution is 7.89. The molecule has 1 N–H and O–H groups in total. The maximum atomic E-state index is 13.0. The molecule has 7 nitrogen and oxygen atoms in total. The summed E-state index contributed by atoms with van der Waals surface area (Å²) in [5.41, 5.74) is 3.22. The van der Waals surface area contributed by atoms with Gasteiger partial charge < -0.3 is 10.2 Å². The van der Waals surface area contributed by atoms with Gasteiger partial charge in [0.1, 0.15) is 0 Å². The molecule has 1 aliphatic heterocycles. The highest BCUT2D eigenvalue weighted by atomic mass is 32.2. The van der Waals surface area contributed by atoms with Gasteiger partial charge in [0.05, 0.1) is 10.8 Å². The monoisotopic (exact) mass is 471 g/mol. The molecule has 1 fully saturated rings. The molecule has 2 amide bonds. The molecule has 0 bridgehead atoms. The second kappa shape index (κ2) is 10.5. The van der Waals surface area contributed by atoms with E-state index in [4.69, 9.17) is 0 Å². The number of rotatable bonds is 9. The van der Waals surface area contributed by atoms with Gasteiger partial charge >= 0.3 is 0 Å². The van der Waals surface area contributed by atoms with Gasteiger partial charge in [-0.1, -0.05) is 44.2 Å². The van der Waals surface area contributed by atoms with Gasteiger partial charge in [-0.3, -0.25) is 9.59 Å². The molecule has 2 aromatic carbocycles. The van der Waals surface area contributed by atoms with Crippen molar-refractivity contribution in [2.75, 3.05) is 31.5 Å². The molecule has 33 heavy (non-hydrogen) atoms. The Morgan fingerprint density at radius 1 is 1.12 bits per heavy atom. The van der Waals surface area contributed by atoms with Crippen molar-refractivity contribution in [1.82, 2.24) is 9.21 Å². The number of amides is 2. The van der Waals surface area contributed by atoms with Crippen LogP contribution in [0.1, 0.15) is 37.0 Å². The Labute approximate surface area is 196 Å². The Kier molecular flexibility index (Phi) is 7.92. The van der Waals surface area contributed by atoms with Crippen molar-refractivity contribution in [3.05, 3.63) is 59.2 Å². The molecule has 1 atom stereocenters. The summed E-state index contributed by atoms with van der Waals surface area (Å²) in [5.74, 6) is -0.752. The Hall–Kier alpha value is -2.71. The van der Waals surface area contributed by atoms with Crippen LogP contribution >= 0.6 is 0 Å². The largest absolute Gasteiger partial charge is 0.342 e. The highest BCUT2D eigenvalue weighted by Gasteiger charge is 2.34. The lowest BCUT2D eigenvalue weighted by molar-refractivity contribution is -0.128. The van der Waals surface area contributed by atoms with Gasteiger partial charge in [-0.25, -0.2) is 8.42 Å². The molecule has 1 aliphatic rings. The third-order valence-electron chi connectivity index (χ3n) is 6.34. The molecular weight excluding hydrogens is 438 g/mol. The zero-order chi connectivity index (χ0) is 24.2. The van der Waals surface area contributed by atoms with Gasteiger partial charge in [0.15, 0.2) is 0 Å². The number of benzene rings is 2. The highest BCUT2D eigenvalue weighted by Crippen LogP contribution is 2.28. The Balaban J connectivity index is 1.72. The molecule has 2 aromatic rings. The molecule has 1 unspecified atom stereocenters. The molecule has 0 saturated carbocycles. The standard InChI is InChI=1S/C25H33N3O4S/c1-5-28(6-2)33(31,32)22-14-18(3)19(4)23(16-22)26-25(30)21-15-24(29)27(17-21)13-12-20-10-8-7-9-11-20/h7-11,14,16,21H,5-6,12-13,15,17H2,1-4H3,(H,26,30). The number of nitrogens with one attached hydrogen (secondary N) is 1. The van der Waals surface area contributed by atoms with E-state index in [9.17, 15) is 18.0 Å². The quantitative estimate of drug-likeness (QED) is 0.608. The van der Waals surface area contributed by atoms with Crippen molar-refractivity contribution in [3.63, 3.8) is 0 Å². The van der Waals surface area contributed by atoms with E-state index in [-0.39, 0.29) is 23.1 Å². The Morgan fingerprint density at radius 2 is 1.79 bits per heavy atom. The maximum Gasteiger partial charge on any atom is 0.243 e. The van der Waals surface area contributed by atoms with Crippen LogP contribution in [0.2, 0.25) is 0 Å². The van der Waals surface area contributed by atoms with Gasteiger partial charge in [0.25, 0.3) is 0 Å². The van der Waals surface area contributed by atoms with Crippen LogP contribution in [-0.2, 0) is 26.0 Å². The van der Waals surface area contributed by atoms with Crippen molar-refractivity contribution >= 4 is 27.5 Å². The van der Waals surface area contributed by atoms with Crippen LogP contribution in [0.5, 0.6) is 0 Å². The molecule has 178 valence electrons. The maximum absolute atomic E-state index is 13.0. The van der Waals surface area contributed by atoms with Crippen molar-refractivity contribution in [3.8, 4) is 0 Å². The predicted octanol–water partition coefficient (Wildman–Crippen LogP) is 3.36. The van der Waals surface area contributed by atoms with Crippen LogP contribution in [-0.4, -0.2) is 55.6 Å². The molecule has 0 aliphatic carbocycles. The fourth-order valence-electron chi connectivity index (χ4n) is 4.13. The van der Waals surface area contributed by atoms with Gasteiger partial charge in [0, 0.05) is 38.3 Å². The van der Waals surface area contributed by atoms with Gasteiger partial charge in [0.2, 0.25) is 21.8 Å². The van der Waals surface area contributed by atoms with Crippen LogP contribution in [0, 0.1) is 19.8 Å². The fraction of sp³-hybridized carbons (Fsp3) is 0.440. The van der Waals surface area contributed by atoms with E-state index >= 15 is 0 Å². The number of aryl methyl sites for hydroxylation is 1. The number of sulfonamides is 1. The van der Waals surface area contributed by atoms with E-state index in [0.717, 1.165) is 23.1 Å². The van der Waals surface area contributed by atoms with Crippen LogP contribution < -0.4 is 5.32 Å². The minimum atomic E-state index is -3.65. The number of nitrogens with zero attached hydrogens (tertiary/aromatic N) is 2. The summed E-state index contributed by atoms with van der Waals surface area (Å²) in [7, 11) is -3.65. The van der Waals surface area contributed by atoms with E-state index in [0.29, 0.717) is 31.9 Å². The van der Waals surface area contributed by atoms with E-state index in [2.05, 4.69) is 5.32 Å². The molecular formula is C25H33N3O4S. The van der Waals surface area contributed by atoms with E-state index in [1.54, 1.807) is 24.8 Å². The molecule has 0 radical (unpaired) electrons. The number of anilines is 1.